The van der Waals surface area contributed by atoms with Gasteiger partial charge in [-0.2, -0.15) is 0 Å². The summed E-state index contributed by atoms with van der Waals surface area (Å²) in [6, 6.07) is 6.73. The van der Waals surface area contributed by atoms with Crippen LogP contribution >= 0.6 is 0 Å². The molecule has 0 atom stereocenters. The van der Waals surface area contributed by atoms with Crippen molar-refractivity contribution >= 4 is 17.5 Å². The number of hydrogen-bond donors (Lipinski definition) is 3. The summed E-state index contributed by atoms with van der Waals surface area (Å²) in [5, 5.41) is 13.2. The molecule has 0 spiro atoms. The van der Waals surface area contributed by atoms with E-state index >= 15 is 0 Å². The van der Waals surface area contributed by atoms with E-state index in [0.717, 1.165) is 5.56 Å². The predicted octanol–water partition coefficient (Wildman–Crippen LogP) is 0.751. The van der Waals surface area contributed by atoms with Gasteiger partial charge in [-0.25, -0.2) is 4.89 Å². The Kier molecular flexibility index (Phi) is 5.12. The van der Waals surface area contributed by atoms with Gasteiger partial charge in [-0.3, -0.25) is 14.8 Å². The third-order valence-corrected chi connectivity index (χ3v) is 2.07. The van der Waals surface area contributed by atoms with Gasteiger partial charge in [-0.1, -0.05) is 12.1 Å². The topological polar surface area (TPSA) is 87.7 Å². The van der Waals surface area contributed by atoms with Gasteiger partial charge in [0.05, 0.1) is 0 Å². The van der Waals surface area contributed by atoms with Gasteiger partial charge in [0.1, 0.15) is 13.0 Å². The Morgan fingerprint density at radius 2 is 1.88 bits per heavy atom. The molecule has 3 N–H and O–H groups in total. The zero-order valence-corrected chi connectivity index (χ0v) is 9.40. The van der Waals surface area contributed by atoms with Crippen LogP contribution in [0.15, 0.2) is 24.3 Å². The van der Waals surface area contributed by atoms with Crippen LogP contribution in [0.2, 0.25) is 0 Å². The fourth-order valence-corrected chi connectivity index (χ4v) is 1.20. The molecule has 0 saturated carbocycles. The predicted molar refractivity (Wildman–Crippen MR) is 61.2 cm³/mol. The van der Waals surface area contributed by atoms with E-state index < -0.39 is 0 Å². The number of benzene rings is 1. The number of rotatable bonds is 5. The van der Waals surface area contributed by atoms with E-state index in [0.29, 0.717) is 5.69 Å². The van der Waals surface area contributed by atoms with Crippen LogP contribution in [0.5, 0.6) is 0 Å². The molecule has 6 nitrogen and oxygen atoms in total. The lowest BCUT2D eigenvalue weighted by Crippen LogP contribution is -2.24. The van der Waals surface area contributed by atoms with Gasteiger partial charge in [0.15, 0.2) is 0 Å². The van der Waals surface area contributed by atoms with Crippen LogP contribution in [0.1, 0.15) is 12.0 Å². The van der Waals surface area contributed by atoms with Gasteiger partial charge < -0.3 is 10.6 Å². The van der Waals surface area contributed by atoms with Crippen LogP contribution in [0, 0.1) is 0 Å². The molecule has 0 aromatic heterocycles. The first-order valence-corrected chi connectivity index (χ1v) is 5.01. The molecule has 1 aromatic rings. The maximum atomic E-state index is 11.4. The molecule has 0 heterocycles. The minimum Gasteiger partial charge on any atom is -0.359 e. The number of anilines is 1. The van der Waals surface area contributed by atoms with E-state index in [9.17, 15) is 9.59 Å². The summed E-state index contributed by atoms with van der Waals surface area (Å²) in [6.07, 6.45) is -0.210. The Morgan fingerprint density at radius 1 is 1.24 bits per heavy atom. The SMILES string of the molecule is CNC(=O)CC(=O)Nc1ccc(COO)cc1. The number of hydrogen-bond acceptors (Lipinski definition) is 4. The zero-order chi connectivity index (χ0) is 12.7. The Labute approximate surface area is 98.5 Å². The molecule has 1 aromatic carbocycles. The second-order valence-electron chi connectivity index (χ2n) is 3.37. The molecule has 0 unspecified atom stereocenters. The first-order valence-electron chi connectivity index (χ1n) is 5.01. The standard InChI is InChI=1S/C11H14N2O4/c1-12-10(14)6-11(15)13-9-4-2-8(3-5-9)7-17-16/h2-5,16H,6-7H2,1H3,(H,12,14)(H,13,15). The molecule has 0 aliphatic rings. The summed E-state index contributed by atoms with van der Waals surface area (Å²) in [5.41, 5.74) is 1.36. The second-order valence-corrected chi connectivity index (χ2v) is 3.37. The third-order valence-electron chi connectivity index (χ3n) is 2.07. The molecular formula is C11H14N2O4. The van der Waals surface area contributed by atoms with Gasteiger partial charge in [0.2, 0.25) is 11.8 Å². The van der Waals surface area contributed by atoms with Crippen molar-refractivity contribution in [1.82, 2.24) is 5.32 Å². The Morgan fingerprint density at radius 3 is 2.41 bits per heavy atom. The van der Waals surface area contributed by atoms with Crippen LogP contribution in [-0.2, 0) is 21.1 Å². The summed E-state index contributed by atoms with van der Waals surface area (Å²) < 4.78 is 0. The molecular weight excluding hydrogens is 224 g/mol. The number of carbonyl (C=O) groups is 2. The van der Waals surface area contributed by atoms with E-state index in [2.05, 4.69) is 15.5 Å². The van der Waals surface area contributed by atoms with E-state index in [1.54, 1.807) is 24.3 Å². The van der Waals surface area contributed by atoms with Crippen molar-refractivity contribution in [2.24, 2.45) is 0 Å². The van der Waals surface area contributed by atoms with Gasteiger partial charge in [0, 0.05) is 12.7 Å². The average molecular weight is 238 g/mol. The molecule has 0 bridgehead atoms. The highest BCUT2D eigenvalue weighted by Crippen LogP contribution is 2.10. The highest BCUT2D eigenvalue weighted by molar-refractivity contribution is 6.03. The van der Waals surface area contributed by atoms with Crippen molar-refractivity contribution in [3.8, 4) is 0 Å². The van der Waals surface area contributed by atoms with Crippen molar-refractivity contribution in [2.45, 2.75) is 13.0 Å². The Hall–Kier alpha value is -1.92. The van der Waals surface area contributed by atoms with Crippen molar-refractivity contribution in [2.75, 3.05) is 12.4 Å². The molecule has 0 aliphatic heterocycles. The van der Waals surface area contributed by atoms with Gasteiger partial charge in [-0.05, 0) is 17.7 Å². The average Bonchev–Trinajstić information content (AvgIpc) is 2.31. The van der Waals surface area contributed by atoms with Crippen LogP contribution in [0.25, 0.3) is 0 Å². The summed E-state index contributed by atoms with van der Waals surface area (Å²) in [7, 11) is 1.47. The number of amides is 2. The monoisotopic (exact) mass is 238 g/mol. The van der Waals surface area contributed by atoms with Crippen LogP contribution in [-0.4, -0.2) is 24.1 Å². The maximum Gasteiger partial charge on any atom is 0.233 e. The second kappa shape index (κ2) is 6.62. The molecule has 0 aliphatic carbocycles. The molecule has 1 rings (SSSR count). The third kappa shape index (κ3) is 4.62. The highest BCUT2D eigenvalue weighted by atomic mass is 17.1. The van der Waals surface area contributed by atoms with E-state index in [-0.39, 0.29) is 24.8 Å². The molecule has 0 fully saturated rings. The molecule has 17 heavy (non-hydrogen) atoms. The Bertz CT molecular complexity index is 389. The van der Waals surface area contributed by atoms with Crippen molar-refractivity contribution in [1.29, 1.82) is 0 Å². The lowest BCUT2D eigenvalue weighted by Gasteiger charge is -2.05. The lowest BCUT2D eigenvalue weighted by atomic mass is 10.2. The first kappa shape index (κ1) is 13.1. The van der Waals surface area contributed by atoms with Crippen molar-refractivity contribution in [3.63, 3.8) is 0 Å². The lowest BCUT2D eigenvalue weighted by molar-refractivity contribution is -0.253. The molecule has 2 amide bonds. The molecule has 92 valence electrons. The molecule has 0 saturated heterocycles. The van der Waals surface area contributed by atoms with Crippen LogP contribution in [0.4, 0.5) is 5.69 Å². The summed E-state index contributed by atoms with van der Waals surface area (Å²) in [5.74, 6) is -0.719. The summed E-state index contributed by atoms with van der Waals surface area (Å²) >= 11 is 0. The van der Waals surface area contributed by atoms with Crippen LogP contribution < -0.4 is 10.6 Å². The van der Waals surface area contributed by atoms with Gasteiger partial charge in [-0.15, -0.1) is 0 Å². The molecule has 0 radical (unpaired) electrons. The van der Waals surface area contributed by atoms with Crippen molar-refractivity contribution in [3.05, 3.63) is 29.8 Å². The Balaban J connectivity index is 2.51. The normalized spacial score (nSPS) is 9.76. The fourth-order valence-electron chi connectivity index (χ4n) is 1.20. The maximum absolute atomic E-state index is 11.4. The quantitative estimate of drug-likeness (QED) is 0.401. The largest absolute Gasteiger partial charge is 0.359 e. The summed E-state index contributed by atoms with van der Waals surface area (Å²) in [6.45, 7) is 0.0897. The van der Waals surface area contributed by atoms with Gasteiger partial charge in [0.25, 0.3) is 0 Å². The zero-order valence-electron chi connectivity index (χ0n) is 9.40. The van der Waals surface area contributed by atoms with E-state index in [1.165, 1.54) is 7.05 Å². The van der Waals surface area contributed by atoms with E-state index in [4.69, 9.17) is 5.26 Å². The minimum atomic E-state index is -0.379. The number of carbonyl (C=O) groups excluding carboxylic acids is 2. The summed E-state index contributed by atoms with van der Waals surface area (Å²) in [4.78, 5) is 26.3. The smallest absolute Gasteiger partial charge is 0.233 e. The van der Waals surface area contributed by atoms with Crippen LogP contribution in [0.3, 0.4) is 0 Å². The van der Waals surface area contributed by atoms with Gasteiger partial charge >= 0.3 is 0 Å². The number of nitrogens with one attached hydrogen (secondary N) is 2. The fraction of sp³-hybridized carbons (Fsp3) is 0.273. The minimum absolute atomic E-state index is 0.0897. The van der Waals surface area contributed by atoms with Crippen molar-refractivity contribution < 1.29 is 19.7 Å². The highest BCUT2D eigenvalue weighted by Gasteiger charge is 2.07. The molecule has 6 heteroatoms. The van der Waals surface area contributed by atoms with E-state index in [1.807, 2.05) is 0 Å². The first-order chi connectivity index (χ1) is 8.15.